The summed E-state index contributed by atoms with van der Waals surface area (Å²) < 4.78 is 13.1. The third-order valence-corrected chi connectivity index (χ3v) is 4.66. The number of rotatable bonds is 4. The predicted molar refractivity (Wildman–Crippen MR) is 102 cm³/mol. The van der Waals surface area contributed by atoms with Gasteiger partial charge < -0.3 is 10.2 Å². The third kappa shape index (κ3) is 3.52. The summed E-state index contributed by atoms with van der Waals surface area (Å²) in [5, 5.41) is 3.26. The molecule has 0 saturated carbocycles. The van der Waals surface area contributed by atoms with Crippen LogP contribution in [0.2, 0.25) is 0 Å². The minimum absolute atomic E-state index is 0.250. The molecule has 26 heavy (non-hydrogen) atoms. The Morgan fingerprint density at radius 3 is 2.58 bits per heavy atom. The molecule has 1 aromatic heterocycles. The monoisotopic (exact) mass is 348 g/mol. The summed E-state index contributed by atoms with van der Waals surface area (Å²) >= 11 is 0. The van der Waals surface area contributed by atoms with E-state index in [4.69, 9.17) is 9.97 Å². The highest BCUT2D eigenvalue weighted by molar-refractivity contribution is 5.58. The van der Waals surface area contributed by atoms with Crippen LogP contribution >= 0.6 is 0 Å². The van der Waals surface area contributed by atoms with Gasteiger partial charge in [0, 0.05) is 30.5 Å². The fraction of sp³-hybridized carbons (Fsp3) is 0.238. The molecule has 0 aliphatic carbocycles. The fourth-order valence-electron chi connectivity index (χ4n) is 3.22. The lowest BCUT2D eigenvalue weighted by Crippen LogP contribution is -2.32. The summed E-state index contributed by atoms with van der Waals surface area (Å²) in [6, 6.07) is 16.8. The zero-order chi connectivity index (χ0) is 17.9. The summed E-state index contributed by atoms with van der Waals surface area (Å²) in [6.07, 6.45) is 1.83. The molecule has 2 heterocycles. The maximum atomic E-state index is 13.1. The second-order valence-electron chi connectivity index (χ2n) is 6.47. The molecule has 0 spiro atoms. The van der Waals surface area contributed by atoms with E-state index >= 15 is 0 Å². The summed E-state index contributed by atoms with van der Waals surface area (Å²) in [7, 11) is 0. The molecular weight excluding hydrogens is 327 g/mol. The van der Waals surface area contributed by atoms with Crippen LogP contribution in [0.15, 0.2) is 54.6 Å². The van der Waals surface area contributed by atoms with Crippen molar-refractivity contribution in [2.75, 3.05) is 16.8 Å². The van der Waals surface area contributed by atoms with Crippen LogP contribution in [0.25, 0.3) is 0 Å². The minimum atomic E-state index is -0.250. The number of hydrogen-bond donors (Lipinski definition) is 1. The Labute approximate surface area is 152 Å². The molecule has 0 saturated heterocycles. The molecule has 1 aliphatic heterocycles. The number of halogens is 1. The molecular formula is C21H21FN4. The number of anilines is 3. The van der Waals surface area contributed by atoms with Gasteiger partial charge in [-0.2, -0.15) is 4.98 Å². The van der Waals surface area contributed by atoms with Crippen molar-refractivity contribution in [2.45, 2.75) is 26.3 Å². The quantitative estimate of drug-likeness (QED) is 0.754. The second-order valence-corrected chi connectivity index (χ2v) is 6.47. The Balaban J connectivity index is 1.61. The average Bonchev–Trinajstić information content (AvgIpc) is 2.69. The largest absolute Gasteiger partial charge is 0.340 e. The zero-order valence-electron chi connectivity index (χ0n) is 14.7. The Bertz CT molecular complexity index is 908. The van der Waals surface area contributed by atoms with Gasteiger partial charge in [0.25, 0.3) is 0 Å². The summed E-state index contributed by atoms with van der Waals surface area (Å²) in [4.78, 5) is 11.6. The average molecular weight is 348 g/mol. The number of aryl methyl sites for hydroxylation is 1. The van der Waals surface area contributed by atoms with Crippen molar-refractivity contribution in [2.24, 2.45) is 0 Å². The van der Waals surface area contributed by atoms with Crippen molar-refractivity contribution < 1.29 is 4.39 Å². The van der Waals surface area contributed by atoms with E-state index in [1.165, 1.54) is 23.3 Å². The summed E-state index contributed by atoms with van der Waals surface area (Å²) in [5.41, 5.74) is 4.53. The van der Waals surface area contributed by atoms with E-state index in [-0.39, 0.29) is 5.82 Å². The molecule has 0 atom stereocenters. The van der Waals surface area contributed by atoms with E-state index in [9.17, 15) is 4.39 Å². The smallest absolute Gasteiger partial charge is 0.227 e. The number of fused-ring (bicyclic) bond motifs is 1. The highest BCUT2D eigenvalue weighted by Gasteiger charge is 2.19. The van der Waals surface area contributed by atoms with Crippen LogP contribution in [0.5, 0.6) is 0 Å². The van der Waals surface area contributed by atoms with E-state index in [0.29, 0.717) is 0 Å². The molecule has 132 valence electrons. The summed E-state index contributed by atoms with van der Waals surface area (Å²) in [6.45, 7) is 3.80. The van der Waals surface area contributed by atoms with Gasteiger partial charge in [0.2, 0.25) is 5.95 Å². The van der Waals surface area contributed by atoms with Gasteiger partial charge in [0.15, 0.2) is 0 Å². The number of hydrogen-bond acceptors (Lipinski definition) is 4. The molecule has 0 amide bonds. The molecule has 0 bridgehead atoms. The standard InChI is InChI=1S/C21H21FN4/c1-2-18-13-20(23-19-9-7-17(22)8-10-19)25-21(24-18)26-12-11-15-5-3-4-6-16(15)14-26/h3-10,13H,2,11-12,14H2,1H3,(H,23,24,25). The van der Waals surface area contributed by atoms with Crippen LogP contribution < -0.4 is 10.2 Å². The van der Waals surface area contributed by atoms with Crippen molar-refractivity contribution >= 4 is 17.5 Å². The van der Waals surface area contributed by atoms with Gasteiger partial charge in [-0.05, 0) is 48.2 Å². The molecule has 0 fully saturated rings. The van der Waals surface area contributed by atoms with Gasteiger partial charge in [0.1, 0.15) is 11.6 Å². The van der Waals surface area contributed by atoms with Crippen LogP contribution in [-0.4, -0.2) is 16.5 Å². The van der Waals surface area contributed by atoms with Crippen molar-refractivity contribution in [3.05, 3.63) is 77.2 Å². The molecule has 0 unspecified atom stereocenters. The zero-order valence-corrected chi connectivity index (χ0v) is 14.7. The Hall–Kier alpha value is -2.95. The van der Waals surface area contributed by atoms with E-state index in [1.54, 1.807) is 12.1 Å². The molecule has 1 aliphatic rings. The van der Waals surface area contributed by atoms with Crippen molar-refractivity contribution in [3.8, 4) is 0 Å². The van der Waals surface area contributed by atoms with Crippen LogP contribution in [0.3, 0.4) is 0 Å². The number of nitrogens with one attached hydrogen (secondary N) is 1. The van der Waals surface area contributed by atoms with Crippen molar-refractivity contribution in [3.63, 3.8) is 0 Å². The first-order valence-electron chi connectivity index (χ1n) is 8.93. The lowest BCUT2D eigenvalue weighted by Gasteiger charge is -2.29. The second kappa shape index (κ2) is 7.12. The van der Waals surface area contributed by atoms with Crippen LogP contribution in [0.4, 0.5) is 21.8 Å². The molecule has 2 aromatic carbocycles. The van der Waals surface area contributed by atoms with E-state index in [1.807, 2.05) is 6.07 Å². The van der Waals surface area contributed by atoms with Gasteiger partial charge >= 0.3 is 0 Å². The molecule has 1 N–H and O–H groups in total. The third-order valence-electron chi connectivity index (χ3n) is 4.66. The first-order chi connectivity index (χ1) is 12.7. The SMILES string of the molecule is CCc1cc(Nc2ccc(F)cc2)nc(N2CCc3ccccc3C2)n1. The molecule has 5 heteroatoms. The molecule has 4 nitrogen and oxygen atoms in total. The molecule has 0 radical (unpaired) electrons. The number of benzene rings is 2. The predicted octanol–water partition coefficient (Wildman–Crippen LogP) is 4.48. The molecule has 3 aromatic rings. The fourth-order valence-corrected chi connectivity index (χ4v) is 3.22. The molecule has 4 rings (SSSR count). The first-order valence-corrected chi connectivity index (χ1v) is 8.93. The van der Waals surface area contributed by atoms with E-state index in [2.05, 4.69) is 41.4 Å². The Morgan fingerprint density at radius 2 is 1.81 bits per heavy atom. The van der Waals surface area contributed by atoms with Crippen LogP contribution in [-0.2, 0) is 19.4 Å². The van der Waals surface area contributed by atoms with E-state index < -0.39 is 0 Å². The Morgan fingerprint density at radius 1 is 1.04 bits per heavy atom. The van der Waals surface area contributed by atoms with Crippen molar-refractivity contribution in [1.29, 1.82) is 0 Å². The highest BCUT2D eigenvalue weighted by Crippen LogP contribution is 2.24. The minimum Gasteiger partial charge on any atom is -0.340 e. The maximum Gasteiger partial charge on any atom is 0.227 e. The van der Waals surface area contributed by atoms with Crippen molar-refractivity contribution in [1.82, 2.24) is 9.97 Å². The van der Waals surface area contributed by atoms with Gasteiger partial charge in [-0.15, -0.1) is 0 Å². The highest BCUT2D eigenvalue weighted by atomic mass is 19.1. The first kappa shape index (κ1) is 16.5. The lowest BCUT2D eigenvalue weighted by molar-refractivity contribution is 0.628. The van der Waals surface area contributed by atoms with Gasteiger partial charge in [-0.1, -0.05) is 31.2 Å². The number of nitrogens with zero attached hydrogens (tertiary/aromatic N) is 3. The van der Waals surface area contributed by atoms with Crippen LogP contribution in [0.1, 0.15) is 23.7 Å². The topological polar surface area (TPSA) is 41.1 Å². The summed E-state index contributed by atoms with van der Waals surface area (Å²) in [5.74, 6) is 1.22. The lowest BCUT2D eigenvalue weighted by atomic mass is 10.0. The van der Waals surface area contributed by atoms with Gasteiger partial charge in [-0.3, -0.25) is 0 Å². The van der Waals surface area contributed by atoms with E-state index in [0.717, 1.165) is 49.1 Å². The normalized spacial score (nSPS) is 13.4. The number of aromatic nitrogens is 2. The van der Waals surface area contributed by atoms with Crippen LogP contribution in [0, 0.1) is 5.82 Å². The van der Waals surface area contributed by atoms with Gasteiger partial charge in [0.05, 0.1) is 0 Å². The van der Waals surface area contributed by atoms with Gasteiger partial charge in [-0.25, -0.2) is 9.37 Å². The maximum absolute atomic E-state index is 13.1. The Kier molecular flexibility index (Phi) is 4.52.